The van der Waals surface area contributed by atoms with Crippen molar-refractivity contribution in [1.29, 1.82) is 0 Å². The largest absolute Gasteiger partial charge is 0.347 e. The van der Waals surface area contributed by atoms with E-state index in [9.17, 15) is 0 Å². The van der Waals surface area contributed by atoms with Gasteiger partial charge in [-0.2, -0.15) is 0 Å². The fourth-order valence-electron chi connectivity index (χ4n) is 2.76. The van der Waals surface area contributed by atoms with Gasteiger partial charge in [-0.25, -0.2) is 4.98 Å². The van der Waals surface area contributed by atoms with E-state index in [1.54, 1.807) is 11.3 Å². The maximum Gasteiger partial charge on any atom is 0.185 e. The highest BCUT2D eigenvalue weighted by Crippen LogP contribution is 2.21. The SMILES string of the molecule is Cc1ccc(CN2CCCN(c3nc(C)cs3)CC2)cc1. The second kappa shape index (κ2) is 6.58. The van der Waals surface area contributed by atoms with E-state index in [1.165, 1.54) is 29.2 Å². The van der Waals surface area contributed by atoms with Crippen LogP contribution in [-0.2, 0) is 6.54 Å². The Kier molecular flexibility index (Phi) is 4.56. The molecule has 3 nitrogen and oxygen atoms in total. The Morgan fingerprint density at radius 3 is 2.57 bits per heavy atom. The molecule has 4 heteroatoms. The lowest BCUT2D eigenvalue weighted by molar-refractivity contribution is 0.285. The Hall–Kier alpha value is -1.39. The van der Waals surface area contributed by atoms with Gasteiger partial charge in [-0.15, -0.1) is 11.3 Å². The van der Waals surface area contributed by atoms with E-state index in [0.29, 0.717) is 0 Å². The van der Waals surface area contributed by atoms with Crippen LogP contribution in [0.2, 0.25) is 0 Å². The molecule has 3 rings (SSSR count). The first kappa shape index (κ1) is 14.5. The molecule has 1 aliphatic heterocycles. The minimum absolute atomic E-state index is 1.06. The van der Waals surface area contributed by atoms with Gasteiger partial charge in [0.05, 0.1) is 5.69 Å². The predicted molar refractivity (Wildman–Crippen MR) is 90.1 cm³/mol. The number of anilines is 1. The third-order valence-corrected chi connectivity index (χ3v) is 5.01. The van der Waals surface area contributed by atoms with Crippen molar-refractivity contribution >= 4 is 16.5 Å². The molecule has 0 radical (unpaired) electrons. The van der Waals surface area contributed by atoms with E-state index < -0.39 is 0 Å². The highest BCUT2D eigenvalue weighted by molar-refractivity contribution is 7.13. The molecule has 1 aromatic heterocycles. The minimum Gasteiger partial charge on any atom is -0.347 e. The van der Waals surface area contributed by atoms with Crippen molar-refractivity contribution in [2.24, 2.45) is 0 Å². The van der Waals surface area contributed by atoms with Gasteiger partial charge in [-0.1, -0.05) is 29.8 Å². The second-order valence-electron chi connectivity index (χ2n) is 5.87. The van der Waals surface area contributed by atoms with Gasteiger partial charge in [0, 0.05) is 38.1 Å². The zero-order chi connectivity index (χ0) is 14.7. The summed E-state index contributed by atoms with van der Waals surface area (Å²) in [7, 11) is 0. The quantitative estimate of drug-likeness (QED) is 0.865. The normalized spacial score (nSPS) is 17.0. The lowest BCUT2D eigenvalue weighted by Crippen LogP contribution is -2.30. The third-order valence-electron chi connectivity index (χ3n) is 3.99. The number of hydrogen-bond acceptors (Lipinski definition) is 4. The summed E-state index contributed by atoms with van der Waals surface area (Å²) in [6.07, 6.45) is 1.21. The number of nitrogens with zero attached hydrogens (tertiary/aromatic N) is 3. The monoisotopic (exact) mass is 301 g/mol. The Labute approximate surface area is 131 Å². The molecule has 0 saturated carbocycles. The molecule has 0 N–H and O–H groups in total. The van der Waals surface area contributed by atoms with E-state index in [1.807, 2.05) is 0 Å². The van der Waals surface area contributed by atoms with Gasteiger partial charge in [0.25, 0.3) is 0 Å². The number of aryl methyl sites for hydroxylation is 2. The molecule has 21 heavy (non-hydrogen) atoms. The summed E-state index contributed by atoms with van der Waals surface area (Å²) < 4.78 is 0. The molecule has 0 bridgehead atoms. The van der Waals surface area contributed by atoms with Gasteiger partial charge in [0.2, 0.25) is 0 Å². The molecule has 0 unspecified atom stereocenters. The fraction of sp³-hybridized carbons (Fsp3) is 0.471. The first-order chi connectivity index (χ1) is 10.2. The number of rotatable bonds is 3. The molecule has 0 aliphatic carbocycles. The van der Waals surface area contributed by atoms with Crippen LogP contribution < -0.4 is 4.90 Å². The number of hydrogen-bond donors (Lipinski definition) is 0. The zero-order valence-electron chi connectivity index (χ0n) is 12.9. The molecule has 1 fully saturated rings. The average molecular weight is 301 g/mol. The van der Waals surface area contributed by atoms with Crippen LogP contribution >= 0.6 is 11.3 Å². The Bertz CT molecular complexity index is 576. The molecule has 1 saturated heterocycles. The Morgan fingerprint density at radius 1 is 1.05 bits per heavy atom. The number of thiazole rings is 1. The summed E-state index contributed by atoms with van der Waals surface area (Å²) in [4.78, 5) is 9.62. The lowest BCUT2D eigenvalue weighted by atomic mass is 10.1. The molecule has 2 aromatic rings. The van der Waals surface area contributed by atoms with Crippen molar-refractivity contribution in [3.63, 3.8) is 0 Å². The maximum atomic E-state index is 4.62. The van der Waals surface area contributed by atoms with Crippen LogP contribution in [0, 0.1) is 13.8 Å². The summed E-state index contributed by atoms with van der Waals surface area (Å²) >= 11 is 1.77. The molecule has 0 amide bonds. The minimum atomic E-state index is 1.06. The summed E-state index contributed by atoms with van der Waals surface area (Å²) in [6, 6.07) is 8.92. The van der Waals surface area contributed by atoms with Gasteiger partial charge in [-0.3, -0.25) is 4.90 Å². The number of aromatic nitrogens is 1. The first-order valence-corrected chi connectivity index (χ1v) is 8.54. The van der Waals surface area contributed by atoms with Crippen LogP contribution in [0.1, 0.15) is 23.2 Å². The van der Waals surface area contributed by atoms with E-state index in [4.69, 9.17) is 0 Å². The van der Waals surface area contributed by atoms with E-state index in [0.717, 1.165) is 31.9 Å². The maximum absolute atomic E-state index is 4.62. The fourth-order valence-corrected chi connectivity index (χ4v) is 3.62. The highest BCUT2D eigenvalue weighted by atomic mass is 32.1. The summed E-state index contributed by atoms with van der Waals surface area (Å²) in [5.74, 6) is 0. The smallest absolute Gasteiger partial charge is 0.185 e. The van der Waals surface area contributed by atoms with Crippen LogP contribution in [0.3, 0.4) is 0 Å². The van der Waals surface area contributed by atoms with Gasteiger partial charge in [-0.05, 0) is 25.8 Å². The summed E-state index contributed by atoms with van der Waals surface area (Å²) in [6.45, 7) is 9.77. The van der Waals surface area contributed by atoms with Gasteiger partial charge in [0.15, 0.2) is 5.13 Å². The van der Waals surface area contributed by atoms with Crippen LogP contribution in [0.5, 0.6) is 0 Å². The van der Waals surface area contributed by atoms with Crippen molar-refractivity contribution in [2.45, 2.75) is 26.8 Å². The number of benzene rings is 1. The lowest BCUT2D eigenvalue weighted by Gasteiger charge is -2.21. The van der Waals surface area contributed by atoms with Gasteiger partial charge < -0.3 is 4.90 Å². The van der Waals surface area contributed by atoms with Crippen LogP contribution in [0.4, 0.5) is 5.13 Å². The van der Waals surface area contributed by atoms with Gasteiger partial charge >= 0.3 is 0 Å². The molecular formula is C17H23N3S. The van der Waals surface area contributed by atoms with Gasteiger partial charge in [0.1, 0.15) is 0 Å². The van der Waals surface area contributed by atoms with Crippen molar-refractivity contribution in [3.05, 3.63) is 46.5 Å². The molecule has 1 aliphatic rings. The van der Waals surface area contributed by atoms with E-state index in [2.05, 4.69) is 58.3 Å². The van der Waals surface area contributed by atoms with Crippen molar-refractivity contribution in [2.75, 3.05) is 31.1 Å². The Morgan fingerprint density at radius 2 is 1.86 bits per heavy atom. The summed E-state index contributed by atoms with van der Waals surface area (Å²) in [5.41, 5.74) is 3.88. The van der Waals surface area contributed by atoms with Crippen molar-refractivity contribution in [1.82, 2.24) is 9.88 Å². The van der Waals surface area contributed by atoms with Crippen LogP contribution in [0.15, 0.2) is 29.6 Å². The highest BCUT2D eigenvalue weighted by Gasteiger charge is 2.17. The second-order valence-corrected chi connectivity index (χ2v) is 6.71. The molecule has 0 spiro atoms. The van der Waals surface area contributed by atoms with Crippen molar-refractivity contribution in [3.8, 4) is 0 Å². The molecular weight excluding hydrogens is 278 g/mol. The van der Waals surface area contributed by atoms with E-state index >= 15 is 0 Å². The van der Waals surface area contributed by atoms with E-state index in [-0.39, 0.29) is 0 Å². The first-order valence-electron chi connectivity index (χ1n) is 7.66. The molecule has 0 atom stereocenters. The van der Waals surface area contributed by atoms with Crippen LogP contribution in [0.25, 0.3) is 0 Å². The van der Waals surface area contributed by atoms with Crippen LogP contribution in [-0.4, -0.2) is 36.1 Å². The predicted octanol–water partition coefficient (Wildman–Crippen LogP) is 3.47. The topological polar surface area (TPSA) is 19.4 Å². The third kappa shape index (κ3) is 3.83. The molecule has 1 aromatic carbocycles. The average Bonchev–Trinajstić information content (AvgIpc) is 2.78. The zero-order valence-corrected chi connectivity index (χ0v) is 13.7. The Balaban J connectivity index is 1.59. The standard InChI is InChI=1S/C17H23N3S/c1-14-4-6-16(7-5-14)12-19-8-3-9-20(11-10-19)17-18-15(2)13-21-17/h4-7,13H,3,8-12H2,1-2H3. The molecule has 2 heterocycles. The van der Waals surface area contributed by atoms with Crippen molar-refractivity contribution < 1.29 is 0 Å². The summed E-state index contributed by atoms with van der Waals surface area (Å²) in [5, 5.41) is 3.33. The molecule has 112 valence electrons.